The Labute approximate surface area is 120 Å². The van der Waals surface area contributed by atoms with Crippen LogP contribution < -0.4 is 5.56 Å². The maximum absolute atomic E-state index is 12.7. The lowest BCUT2D eigenvalue weighted by Crippen LogP contribution is -2.22. The van der Waals surface area contributed by atoms with Crippen LogP contribution in [0.1, 0.15) is 12.8 Å². The molecular formula is C16H13ClN2O. The molecule has 0 radical (unpaired) electrons. The highest BCUT2D eigenvalue weighted by molar-refractivity contribution is 6.31. The molecule has 3 nitrogen and oxygen atoms in total. The second-order valence-corrected chi connectivity index (χ2v) is 5.88. The molecule has 0 unspecified atom stereocenters. The maximum Gasteiger partial charge on any atom is 0.260 e. The van der Waals surface area contributed by atoms with Gasteiger partial charge in [0.05, 0.1) is 10.9 Å². The van der Waals surface area contributed by atoms with Crippen molar-refractivity contribution >= 4 is 33.3 Å². The van der Waals surface area contributed by atoms with Gasteiger partial charge in [0.25, 0.3) is 5.56 Å². The topological polar surface area (TPSA) is 34.9 Å². The van der Waals surface area contributed by atoms with Crippen LogP contribution in [0, 0.1) is 5.92 Å². The van der Waals surface area contributed by atoms with Gasteiger partial charge in [-0.15, -0.1) is 0 Å². The van der Waals surface area contributed by atoms with Crippen LogP contribution in [0.15, 0.2) is 41.5 Å². The Morgan fingerprint density at radius 1 is 1.20 bits per heavy atom. The van der Waals surface area contributed by atoms with E-state index in [9.17, 15) is 4.79 Å². The van der Waals surface area contributed by atoms with E-state index in [1.54, 1.807) is 12.4 Å². The molecule has 1 saturated carbocycles. The normalized spacial score (nSPS) is 15.1. The second-order valence-electron chi connectivity index (χ2n) is 5.44. The summed E-state index contributed by atoms with van der Waals surface area (Å²) in [4.78, 5) is 16.8. The van der Waals surface area contributed by atoms with Crippen LogP contribution in [0.2, 0.25) is 5.02 Å². The van der Waals surface area contributed by atoms with Gasteiger partial charge in [-0.1, -0.05) is 17.7 Å². The third-order valence-electron chi connectivity index (χ3n) is 3.98. The van der Waals surface area contributed by atoms with Crippen LogP contribution in [0.4, 0.5) is 0 Å². The highest BCUT2D eigenvalue weighted by Gasteiger charge is 2.23. The average Bonchev–Trinajstić information content (AvgIpc) is 3.27. The summed E-state index contributed by atoms with van der Waals surface area (Å²) >= 11 is 6.12. The third-order valence-corrected chi connectivity index (χ3v) is 4.21. The summed E-state index contributed by atoms with van der Waals surface area (Å²) in [6, 6.07) is 7.65. The van der Waals surface area contributed by atoms with Crippen molar-refractivity contribution in [3.05, 3.63) is 52.0 Å². The first kappa shape index (κ1) is 11.9. The van der Waals surface area contributed by atoms with Crippen LogP contribution in [0.5, 0.6) is 0 Å². The smallest absolute Gasteiger partial charge is 0.260 e. The Bertz CT molecular complexity index is 881. The van der Waals surface area contributed by atoms with Gasteiger partial charge in [-0.25, -0.2) is 0 Å². The van der Waals surface area contributed by atoms with Crippen molar-refractivity contribution in [1.29, 1.82) is 0 Å². The van der Waals surface area contributed by atoms with E-state index in [4.69, 9.17) is 11.6 Å². The van der Waals surface area contributed by atoms with Crippen molar-refractivity contribution in [2.24, 2.45) is 5.92 Å². The van der Waals surface area contributed by atoms with Crippen LogP contribution >= 0.6 is 11.6 Å². The van der Waals surface area contributed by atoms with E-state index >= 15 is 0 Å². The van der Waals surface area contributed by atoms with E-state index in [0.29, 0.717) is 16.3 Å². The van der Waals surface area contributed by atoms with E-state index < -0.39 is 0 Å². The molecule has 0 spiro atoms. The van der Waals surface area contributed by atoms with E-state index in [0.717, 1.165) is 22.8 Å². The highest BCUT2D eigenvalue weighted by atomic mass is 35.5. The molecule has 1 aromatic carbocycles. The molecular weight excluding hydrogens is 272 g/mol. The number of benzene rings is 1. The van der Waals surface area contributed by atoms with Crippen LogP contribution in [-0.2, 0) is 6.54 Å². The van der Waals surface area contributed by atoms with Crippen molar-refractivity contribution in [2.75, 3.05) is 0 Å². The summed E-state index contributed by atoms with van der Waals surface area (Å²) in [5.41, 5.74) is 0.961. The van der Waals surface area contributed by atoms with Gasteiger partial charge < -0.3 is 4.57 Å². The molecule has 4 rings (SSSR count). The van der Waals surface area contributed by atoms with Crippen LogP contribution in [0.25, 0.3) is 21.7 Å². The fourth-order valence-electron chi connectivity index (χ4n) is 2.75. The van der Waals surface area contributed by atoms with E-state index in [1.807, 2.05) is 28.8 Å². The number of pyridine rings is 2. The average molecular weight is 285 g/mol. The highest BCUT2D eigenvalue weighted by Crippen LogP contribution is 2.32. The Hall–Kier alpha value is -1.87. The molecule has 0 aliphatic heterocycles. The van der Waals surface area contributed by atoms with Crippen molar-refractivity contribution < 1.29 is 0 Å². The first-order valence-electron chi connectivity index (χ1n) is 6.80. The van der Waals surface area contributed by atoms with Crippen molar-refractivity contribution in [1.82, 2.24) is 9.55 Å². The van der Waals surface area contributed by atoms with Crippen molar-refractivity contribution in [2.45, 2.75) is 19.4 Å². The Balaban J connectivity index is 2.17. The molecule has 4 heteroatoms. The molecule has 1 aliphatic rings. The molecule has 0 bridgehead atoms. The monoisotopic (exact) mass is 284 g/mol. The quantitative estimate of drug-likeness (QED) is 0.674. The number of hydrogen-bond acceptors (Lipinski definition) is 2. The van der Waals surface area contributed by atoms with Gasteiger partial charge in [-0.3, -0.25) is 9.78 Å². The molecule has 0 amide bonds. The fraction of sp³-hybridized carbons (Fsp3) is 0.250. The molecule has 1 fully saturated rings. The standard InChI is InChI=1S/C16H13ClN2O/c17-11-3-4-13-12-5-6-18-8-14(12)16(20)19(15(13)7-11)9-10-1-2-10/h3-8,10H,1-2,9H2. The zero-order chi connectivity index (χ0) is 13.7. The minimum Gasteiger partial charge on any atom is -0.307 e. The number of aromatic nitrogens is 2. The van der Waals surface area contributed by atoms with Gasteiger partial charge in [-0.05, 0) is 42.3 Å². The molecule has 0 atom stereocenters. The lowest BCUT2D eigenvalue weighted by atomic mass is 10.1. The first-order chi connectivity index (χ1) is 9.74. The molecule has 3 aromatic rings. The summed E-state index contributed by atoms with van der Waals surface area (Å²) < 4.78 is 1.86. The largest absolute Gasteiger partial charge is 0.307 e. The van der Waals surface area contributed by atoms with Gasteiger partial charge in [0.1, 0.15) is 0 Å². The number of halogens is 1. The van der Waals surface area contributed by atoms with Crippen molar-refractivity contribution in [3.8, 4) is 0 Å². The number of fused-ring (bicyclic) bond motifs is 3. The summed E-state index contributed by atoms with van der Waals surface area (Å²) in [6.07, 6.45) is 5.80. The zero-order valence-electron chi connectivity index (χ0n) is 10.8. The second kappa shape index (κ2) is 4.32. The Morgan fingerprint density at radius 3 is 2.85 bits per heavy atom. The predicted octanol–water partition coefficient (Wildman–Crippen LogP) is 3.61. The fourth-order valence-corrected chi connectivity index (χ4v) is 2.92. The minimum atomic E-state index is 0.0368. The Morgan fingerprint density at radius 2 is 2.05 bits per heavy atom. The summed E-state index contributed by atoms with van der Waals surface area (Å²) in [7, 11) is 0. The third kappa shape index (κ3) is 1.81. The summed E-state index contributed by atoms with van der Waals surface area (Å²) in [6.45, 7) is 0.778. The predicted molar refractivity (Wildman–Crippen MR) is 81.2 cm³/mol. The van der Waals surface area contributed by atoms with Gasteiger partial charge in [0, 0.05) is 29.3 Å². The van der Waals surface area contributed by atoms with E-state index in [-0.39, 0.29) is 5.56 Å². The van der Waals surface area contributed by atoms with E-state index in [2.05, 4.69) is 4.98 Å². The number of rotatable bonds is 2. The SMILES string of the molecule is O=c1c2cnccc2c2ccc(Cl)cc2n1CC1CC1. The lowest BCUT2D eigenvalue weighted by Gasteiger charge is -2.12. The van der Waals surface area contributed by atoms with Crippen molar-refractivity contribution in [3.63, 3.8) is 0 Å². The molecule has 2 heterocycles. The lowest BCUT2D eigenvalue weighted by molar-refractivity contribution is 0.630. The molecule has 0 saturated heterocycles. The molecule has 100 valence electrons. The zero-order valence-corrected chi connectivity index (χ0v) is 11.6. The Kier molecular flexibility index (Phi) is 2.57. The summed E-state index contributed by atoms with van der Waals surface area (Å²) in [5.74, 6) is 0.629. The maximum atomic E-state index is 12.7. The molecule has 0 N–H and O–H groups in total. The summed E-state index contributed by atoms with van der Waals surface area (Å²) in [5, 5.41) is 3.36. The molecule has 2 aromatic heterocycles. The van der Waals surface area contributed by atoms with Crippen LogP contribution in [-0.4, -0.2) is 9.55 Å². The number of nitrogens with zero attached hydrogens (tertiary/aromatic N) is 2. The molecule has 20 heavy (non-hydrogen) atoms. The van der Waals surface area contributed by atoms with Gasteiger partial charge in [0.15, 0.2) is 0 Å². The first-order valence-corrected chi connectivity index (χ1v) is 7.17. The van der Waals surface area contributed by atoms with Gasteiger partial charge in [-0.2, -0.15) is 0 Å². The minimum absolute atomic E-state index is 0.0368. The van der Waals surface area contributed by atoms with E-state index in [1.165, 1.54) is 12.8 Å². The molecule has 1 aliphatic carbocycles. The van der Waals surface area contributed by atoms with Gasteiger partial charge in [0.2, 0.25) is 0 Å². The number of hydrogen-bond donors (Lipinski definition) is 0. The van der Waals surface area contributed by atoms with Gasteiger partial charge >= 0.3 is 0 Å². The van der Waals surface area contributed by atoms with Crippen LogP contribution in [0.3, 0.4) is 0 Å².